The monoisotopic (exact) mass is 317 g/mol. The van der Waals surface area contributed by atoms with Crippen molar-refractivity contribution in [3.05, 3.63) is 36.2 Å². The molecule has 1 aromatic heterocycles. The van der Waals surface area contributed by atoms with Gasteiger partial charge in [0.15, 0.2) is 0 Å². The van der Waals surface area contributed by atoms with Crippen LogP contribution in [0.1, 0.15) is 5.56 Å². The molecule has 0 saturated heterocycles. The number of ether oxygens (including phenoxy) is 1. The maximum Gasteiger partial charge on any atom is 0.573 e. The fourth-order valence-corrected chi connectivity index (χ4v) is 1.76. The van der Waals surface area contributed by atoms with Crippen LogP contribution >= 0.6 is 0 Å². The van der Waals surface area contributed by atoms with Crippen molar-refractivity contribution in [1.29, 1.82) is 5.26 Å². The lowest BCUT2D eigenvalue weighted by molar-refractivity contribution is -0.274. The highest BCUT2D eigenvalue weighted by atomic mass is 19.4. The molecule has 2 rings (SSSR count). The van der Waals surface area contributed by atoms with E-state index in [0.29, 0.717) is 5.56 Å². The molecular weight excluding hydrogens is 309 g/mol. The number of benzene rings is 1. The van der Waals surface area contributed by atoms with Gasteiger partial charge in [-0.15, -0.1) is 13.2 Å². The summed E-state index contributed by atoms with van der Waals surface area (Å²) in [6, 6.07) is 5.13. The highest BCUT2D eigenvalue weighted by Crippen LogP contribution is 2.31. The van der Waals surface area contributed by atoms with Gasteiger partial charge in [-0.05, 0) is 17.7 Å². The maximum absolute atomic E-state index is 12.3. The van der Waals surface area contributed by atoms with Crippen LogP contribution in [0.15, 0.2) is 30.6 Å². The lowest BCUT2D eigenvalue weighted by Crippen LogP contribution is -2.17. The van der Waals surface area contributed by atoms with E-state index in [9.17, 15) is 22.0 Å². The van der Waals surface area contributed by atoms with Crippen molar-refractivity contribution < 1.29 is 26.7 Å². The summed E-state index contributed by atoms with van der Waals surface area (Å²) < 4.78 is 66.2. The van der Waals surface area contributed by atoms with Gasteiger partial charge in [-0.2, -0.15) is 10.4 Å². The van der Waals surface area contributed by atoms with E-state index < -0.39 is 25.1 Å². The molecule has 116 valence electrons. The van der Waals surface area contributed by atoms with Gasteiger partial charge >= 0.3 is 6.36 Å². The fourth-order valence-electron chi connectivity index (χ4n) is 1.76. The molecule has 9 heteroatoms. The summed E-state index contributed by atoms with van der Waals surface area (Å²) in [7, 11) is 0. The first-order chi connectivity index (χ1) is 10.3. The van der Waals surface area contributed by atoms with Crippen molar-refractivity contribution in [2.24, 2.45) is 0 Å². The van der Waals surface area contributed by atoms with E-state index in [1.165, 1.54) is 18.5 Å². The highest BCUT2D eigenvalue weighted by Gasteiger charge is 2.32. The number of hydrogen-bond donors (Lipinski definition) is 0. The molecule has 22 heavy (non-hydrogen) atoms. The Morgan fingerprint density at radius 3 is 2.59 bits per heavy atom. The van der Waals surface area contributed by atoms with Crippen LogP contribution in [0.25, 0.3) is 11.1 Å². The van der Waals surface area contributed by atoms with Crippen LogP contribution in [0, 0.1) is 11.3 Å². The van der Waals surface area contributed by atoms with Crippen molar-refractivity contribution in [3.63, 3.8) is 0 Å². The van der Waals surface area contributed by atoms with Crippen LogP contribution in [0.2, 0.25) is 0 Å². The molecule has 0 unspecified atom stereocenters. The predicted molar refractivity (Wildman–Crippen MR) is 65.1 cm³/mol. The van der Waals surface area contributed by atoms with E-state index in [0.717, 1.165) is 16.8 Å². The summed E-state index contributed by atoms with van der Waals surface area (Å²) in [5.74, 6) is -0.658. The quantitative estimate of drug-likeness (QED) is 0.810. The Labute approximate surface area is 121 Å². The molecule has 0 atom stereocenters. The first-order valence-electron chi connectivity index (χ1n) is 5.89. The number of nitrogens with zero attached hydrogens (tertiary/aromatic N) is 3. The molecule has 0 radical (unpaired) electrons. The summed E-state index contributed by atoms with van der Waals surface area (Å²) in [5, 5.41) is 12.5. The van der Waals surface area contributed by atoms with Gasteiger partial charge in [0.05, 0.1) is 11.8 Å². The zero-order chi connectivity index (χ0) is 16.3. The van der Waals surface area contributed by atoms with Crippen LogP contribution in [0.3, 0.4) is 0 Å². The molecule has 0 aliphatic carbocycles. The normalized spacial score (nSPS) is 11.5. The van der Waals surface area contributed by atoms with Crippen LogP contribution < -0.4 is 4.74 Å². The zero-order valence-corrected chi connectivity index (χ0v) is 10.8. The van der Waals surface area contributed by atoms with Crippen molar-refractivity contribution >= 4 is 0 Å². The minimum absolute atomic E-state index is 0.263. The van der Waals surface area contributed by atoms with E-state index in [1.54, 1.807) is 6.07 Å². The van der Waals surface area contributed by atoms with E-state index >= 15 is 0 Å². The Morgan fingerprint density at radius 1 is 1.27 bits per heavy atom. The second kappa shape index (κ2) is 6.01. The first-order valence-corrected chi connectivity index (χ1v) is 5.89. The highest BCUT2D eigenvalue weighted by molar-refractivity contribution is 5.66. The SMILES string of the molecule is N#Cc1ccc(-c2cnn(CC(F)F)c2)cc1OC(F)(F)F. The van der Waals surface area contributed by atoms with Crippen LogP contribution in [-0.2, 0) is 6.54 Å². The fraction of sp³-hybridized carbons (Fsp3) is 0.231. The smallest absolute Gasteiger partial charge is 0.404 e. The molecule has 0 fully saturated rings. The lowest BCUT2D eigenvalue weighted by Gasteiger charge is -2.11. The average molecular weight is 317 g/mol. The largest absolute Gasteiger partial charge is 0.573 e. The number of halogens is 5. The number of aromatic nitrogens is 2. The Morgan fingerprint density at radius 2 is 2.00 bits per heavy atom. The zero-order valence-electron chi connectivity index (χ0n) is 10.8. The maximum atomic E-state index is 12.3. The molecule has 0 amide bonds. The Kier molecular flexibility index (Phi) is 4.30. The molecule has 0 bridgehead atoms. The van der Waals surface area contributed by atoms with Gasteiger partial charge in [-0.1, -0.05) is 6.07 Å². The van der Waals surface area contributed by atoms with E-state index in [-0.39, 0.29) is 11.1 Å². The standard InChI is InChI=1S/C13H8F5N3O/c14-12(15)7-21-6-10(5-20-21)8-1-2-9(4-19)11(3-8)22-13(16,17)18/h1-3,5-6,12H,7H2. The second-order valence-corrected chi connectivity index (χ2v) is 4.21. The van der Waals surface area contributed by atoms with Gasteiger partial charge in [0.2, 0.25) is 0 Å². The van der Waals surface area contributed by atoms with Gasteiger partial charge in [0.25, 0.3) is 6.43 Å². The Balaban J connectivity index is 2.34. The topological polar surface area (TPSA) is 50.8 Å². The van der Waals surface area contributed by atoms with Crippen LogP contribution in [-0.4, -0.2) is 22.6 Å². The van der Waals surface area contributed by atoms with Crippen LogP contribution in [0.5, 0.6) is 5.75 Å². The third kappa shape index (κ3) is 3.94. The summed E-state index contributed by atoms with van der Waals surface area (Å²) in [6.07, 6.45) is -5.03. The van der Waals surface area contributed by atoms with Crippen molar-refractivity contribution in [2.45, 2.75) is 19.3 Å². The molecule has 4 nitrogen and oxygen atoms in total. The predicted octanol–water partition coefficient (Wildman–Crippen LogP) is 3.59. The van der Waals surface area contributed by atoms with Gasteiger partial charge in [-0.25, -0.2) is 8.78 Å². The minimum atomic E-state index is -4.94. The molecule has 0 spiro atoms. The summed E-state index contributed by atoms with van der Waals surface area (Å²) >= 11 is 0. The number of nitriles is 1. The Bertz CT molecular complexity index is 702. The number of alkyl halides is 5. The summed E-state index contributed by atoms with van der Waals surface area (Å²) in [5.41, 5.74) is 0.303. The van der Waals surface area contributed by atoms with Crippen LogP contribution in [0.4, 0.5) is 22.0 Å². The van der Waals surface area contributed by atoms with Crippen molar-refractivity contribution in [2.75, 3.05) is 0 Å². The van der Waals surface area contributed by atoms with E-state index in [1.807, 2.05) is 0 Å². The molecule has 1 aromatic carbocycles. The second-order valence-electron chi connectivity index (χ2n) is 4.21. The minimum Gasteiger partial charge on any atom is -0.404 e. The molecule has 1 heterocycles. The number of rotatable bonds is 4. The summed E-state index contributed by atoms with van der Waals surface area (Å²) in [4.78, 5) is 0. The van der Waals surface area contributed by atoms with Gasteiger partial charge < -0.3 is 4.74 Å². The van der Waals surface area contributed by atoms with Gasteiger partial charge in [0.1, 0.15) is 18.4 Å². The van der Waals surface area contributed by atoms with Gasteiger partial charge in [0, 0.05) is 11.8 Å². The van der Waals surface area contributed by atoms with Gasteiger partial charge in [-0.3, -0.25) is 4.68 Å². The third-order valence-electron chi connectivity index (χ3n) is 2.62. The molecule has 0 aliphatic heterocycles. The van der Waals surface area contributed by atoms with Crippen molar-refractivity contribution in [3.8, 4) is 22.9 Å². The summed E-state index contributed by atoms with van der Waals surface area (Å²) in [6.45, 7) is -0.623. The molecule has 0 saturated carbocycles. The first kappa shape index (κ1) is 15.8. The van der Waals surface area contributed by atoms with Crippen molar-refractivity contribution in [1.82, 2.24) is 9.78 Å². The Hall–Kier alpha value is -2.63. The lowest BCUT2D eigenvalue weighted by atomic mass is 10.1. The van der Waals surface area contributed by atoms with E-state index in [2.05, 4.69) is 9.84 Å². The molecule has 2 aromatic rings. The molecule has 0 aliphatic rings. The molecular formula is C13H8F5N3O. The van der Waals surface area contributed by atoms with E-state index in [4.69, 9.17) is 5.26 Å². The average Bonchev–Trinajstić information content (AvgIpc) is 2.84. The molecule has 0 N–H and O–H groups in total. The third-order valence-corrected chi connectivity index (χ3v) is 2.62. The number of hydrogen-bond acceptors (Lipinski definition) is 3.